The predicted octanol–water partition coefficient (Wildman–Crippen LogP) is 5.72. The molecule has 0 aliphatic heterocycles. The molecule has 0 saturated heterocycles. The third-order valence-corrected chi connectivity index (χ3v) is 8.55. The molecule has 0 radical (unpaired) electrons. The van der Waals surface area contributed by atoms with Crippen molar-refractivity contribution in [3.05, 3.63) is 29.8 Å². The molecule has 0 heterocycles. The minimum Gasteiger partial charge on any atom is -0.497 e. The van der Waals surface area contributed by atoms with Gasteiger partial charge in [0, 0.05) is 18.3 Å². The second-order valence-electron chi connectivity index (χ2n) is 7.11. The molecule has 150 valence electrons. The summed E-state index contributed by atoms with van der Waals surface area (Å²) in [4.78, 5) is 0. The van der Waals surface area contributed by atoms with Crippen molar-refractivity contribution >= 4 is 8.80 Å². The van der Waals surface area contributed by atoms with E-state index >= 15 is 0 Å². The van der Waals surface area contributed by atoms with Crippen LogP contribution in [0.15, 0.2) is 24.3 Å². The van der Waals surface area contributed by atoms with Gasteiger partial charge in [0.25, 0.3) is 0 Å². The van der Waals surface area contributed by atoms with Crippen molar-refractivity contribution in [1.82, 2.24) is 0 Å². The molecule has 0 bridgehead atoms. The van der Waals surface area contributed by atoms with E-state index in [9.17, 15) is 0 Å². The molecule has 0 aliphatic carbocycles. The molecule has 0 amide bonds. The van der Waals surface area contributed by atoms with Gasteiger partial charge in [0.1, 0.15) is 5.75 Å². The molecular weight excluding hydrogens is 344 g/mol. The molecule has 26 heavy (non-hydrogen) atoms. The van der Waals surface area contributed by atoms with Crippen molar-refractivity contribution in [3.63, 3.8) is 0 Å². The van der Waals surface area contributed by atoms with Gasteiger partial charge in [0.2, 0.25) is 0 Å². The van der Waals surface area contributed by atoms with Crippen LogP contribution in [0.5, 0.6) is 5.75 Å². The van der Waals surface area contributed by atoms with Crippen LogP contribution < -0.4 is 4.74 Å². The summed E-state index contributed by atoms with van der Waals surface area (Å²) in [6, 6.07) is 8.15. The molecule has 1 aromatic carbocycles. The van der Waals surface area contributed by atoms with Gasteiger partial charge < -0.3 is 18.0 Å². The first-order valence-electron chi connectivity index (χ1n) is 9.99. The minimum atomic E-state index is -2.96. The molecule has 4 nitrogen and oxygen atoms in total. The molecule has 1 aromatic rings. The standard InChI is InChI=1S/C21H38O4Si/c1-9-16(4)23-26(24-17(5)10-2,25-18(6)11-3)19(7)20-12-14-21(22-8)15-13-20/h12-19H,9-11H2,1-8H3. The third-order valence-electron chi connectivity index (χ3n) is 4.97. The van der Waals surface area contributed by atoms with Gasteiger partial charge in [-0.1, -0.05) is 39.8 Å². The lowest BCUT2D eigenvalue weighted by Gasteiger charge is -2.40. The summed E-state index contributed by atoms with van der Waals surface area (Å²) >= 11 is 0. The lowest BCUT2D eigenvalue weighted by molar-refractivity contribution is -0.0168. The highest BCUT2D eigenvalue weighted by molar-refractivity contribution is 6.62. The normalized spacial score (nSPS) is 18.6. The second kappa shape index (κ2) is 11.1. The highest BCUT2D eigenvalue weighted by atomic mass is 28.4. The predicted molar refractivity (Wildman–Crippen MR) is 110 cm³/mol. The maximum atomic E-state index is 6.57. The first kappa shape index (κ1) is 23.2. The summed E-state index contributed by atoms with van der Waals surface area (Å²) < 4.78 is 25.0. The molecule has 0 N–H and O–H groups in total. The Bertz CT molecular complexity index is 474. The van der Waals surface area contributed by atoms with Crippen LogP contribution in [0.25, 0.3) is 0 Å². The minimum absolute atomic E-state index is 0.0467. The largest absolute Gasteiger partial charge is 0.509 e. The Hall–Kier alpha value is -0.883. The lowest BCUT2D eigenvalue weighted by atomic mass is 10.1. The average molecular weight is 383 g/mol. The quantitative estimate of drug-likeness (QED) is 0.433. The van der Waals surface area contributed by atoms with Gasteiger partial charge in [-0.25, -0.2) is 0 Å². The van der Waals surface area contributed by atoms with Gasteiger partial charge in [-0.2, -0.15) is 0 Å². The molecule has 0 saturated carbocycles. The SMILES string of the molecule is CCC(C)O[Si](OC(C)CC)(OC(C)CC)C(C)c1ccc(OC)cc1. The monoisotopic (exact) mass is 382 g/mol. The number of methoxy groups -OCH3 is 1. The Balaban J connectivity index is 3.29. The highest BCUT2D eigenvalue weighted by Crippen LogP contribution is 2.34. The smallest absolute Gasteiger partial charge is 0.497 e. The van der Waals surface area contributed by atoms with E-state index in [-0.39, 0.29) is 23.9 Å². The Morgan fingerprint density at radius 2 is 1.12 bits per heavy atom. The summed E-state index contributed by atoms with van der Waals surface area (Å²) in [6.07, 6.45) is 3.06. The van der Waals surface area contributed by atoms with Crippen LogP contribution in [0, 0.1) is 0 Å². The van der Waals surface area contributed by atoms with Crippen molar-refractivity contribution in [2.45, 2.75) is 91.6 Å². The van der Waals surface area contributed by atoms with Gasteiger partial charge in [-0.15, -0.1) is 0 Å². The summed E-state index contributed by atoms with van der Waals surface area (Å²) in [6.45, 7) is 14.9. The Labute approximate surface area is 161 Å². The molecule has 4 atom stereocenters. The fourth-order valence-corrected chi connectivity index (χ4v) is 6.14. The van der Waals surface area contributed by atoms with Crippen molar-refractivity contribution in [2.24, 2.45) is 0 Å². The molecule has 0 aromatic heterocycles. The zero-order chi connectivity index (χ0) is 19.7. The van der Waals surface area contributed by atoms with Crippen molar-refractivity contribution < 1.29 is 18.0 Å². The van der Waals surface area contributed by atoms with Crippen LogP contribution in [-0.4, -0.2) is 34.2 Å². The van der Waals surface area contributed by atoms with Crippen molar-refractivity contribution in [1.29, 1.82) is 0 Å². The van der Waals surface area contributed by atoms with E-state index in [4.69, 9.17) is 18.0 Å². The summed E-state index contributed by atoms with van der Waals surface area (Å²) in [5.74, 6) is 0.849. The summed E-state index contributed by atoms with van der Waals surface area (Å²) in [7, 11) is -1.28. The van der Waals surface area contributed by atoms with E-state index in [0.717, 1.165) is 30.6 Å². The molecule has 0 fully saturated rings. The van der Waals surface area contributed by atoms with E-state index in [0.29, 0.717) is 0 Å². The fourth-order valence-electron chi connectivity index (χ4n) is 2.58. The van der Waals surface area contributed by atoms with E-state index < -0.39 is 8.80 Å². The Morgan fingerprint density at radius 1 is 0.731 bits per heavy atom. The molecule has 5 heteroatoms. The molecular formula is C21H38O4Si. The highest BCUT2D eigenvalue weighted by Gasteiger charge is 2.51. The molecule has 4 unspecified atom stereocenters. The first-order valence-corrected chi connectivity index (χ1v) is 11.8. The summed E-state index contributed by atoms with van der Waals surface area (Å²) in [5, 5.41) is 0. The van der Waals surface area contributed by atoms with Gasteiger partial charge in [-0.05, 0) is 57.7 Å². The lowest BCUT2D eigenvalue weighted by Crippen LogP contribution is -2.55. The van der Waals surface area contributed by atoms with Crippen LogP contribution in [0.3, 0.4) is 0 Å². The first-order chi connectivity index (χ1) is 12.3. The van der Waals surface area contributed by atoms with Crippen LogP contribution in [-0.2, 0) is 13.3 Å². The van der Waals surface area contributed by atoms with E-state index in [1.54, 1.807) is 7.11 Å². The number of rotatable bonds is 12. The fraction of sp³-hybridized carbons (Fsp3) is 0.714. The average Bonchev–Trinajstić information content (AvgIpc) is 2.66. The van der Waals surface area contributed by atoms with Gasteiger partial charge in [0.15, 0.2) is 0 Å². The molecule has 0 aliphatic rings. The Kier molecular flexibility index (Phi) is 9.86. The van der Waals surface area contributed by atoms with E-state index in [1.165, 1.54) is 0 Å². The maximum absolute atomic E-state index is 6.57. The van der Waals surface area contributed by atoms with Crippen LogP contribution >= 0.6 is 0 Å². The van der Waals surface area contributed by atoms with Gasteiger partial charge >= 0.3 is 8.80 Å². The number of hydrogen-bond donors (Lipinski definition) is 0. The second-order valence-corrected chi connectivity index (χ2v) is 9.89. The summed E-state index contributed by atoms with van der Waals surface area (Å²) in [5.41, 5.74) is 1.21. The maximum Gasteiger partial charge on any atom is 0.509 e. The van der Waals surface area contributed by atoms with Gasteiger partial charge in [0.05, 0.1) is 12.7 Å². The van der Waals surface area contributed by atoms with Crippen LogP contribution in [0.1, 0.15) is 78.8 Å². The number of hydrogen-bond acceptors (Lipinski definition) is 4. The zero-order valence-corrected chi connectivity index (χ0v) is 18.9. The van der Waals surface area contributed by atoms with Crippen LogP contribution in [0.4, 0.5) is 0 Å². The zero-order valence-electron chi connectivity index (χ0n) is 17.9. The number of benzene rings is 1. The third kappa shape index (κ3) is 6.37. The Morgan fingerprint density at radius 3 is 1.42 bits per heavy atom. The number of ether oxygens (including phenoxy) is 1. The van der Waals surface area contributed by atoms with Gasteiger partial charge in [-0.3, -0.25) is 0 Å². The molecule has 0 spiro atoms. The topological polar surface area (TPSA) is 36.9 Å². The van der Waals surface area contributed by atoms with Crippen molar-refractivity contribution in [3.8, 4) is 5.75 Å². The van der Waals surface area contributed by atoms with Crippen LogP contribution in [0.2, 0.25) is 0 Å². The van der Waals surface area contributed by atoms with E-state index in [1.807, 2.05) is 12.1 Å². The van der Waals surface area contributed by atoms with E-state index in [2.05, 4.69) is 60.6 Å². The van der Waals surface area contributed by atoms with Crippen molar-refractivity contribution in [2.75, 3.05) is 7.11 Å². The molecule has 1 rings (SSSR count).